The molecule has 0 saturated heterocycles. The molecule has 2 aromatic carbocycles. The van der Waals surface area contributed by atoms with Gasteiger partial charge in [0.1, 0.15) is 11.5 Å². The van der Waals surface area contributed by atoms with Gasteiger partial charge in [0.15, 0.2) is 5.82 Å². The lowest BCUT2D eigenvalue weighted by atomic mass is 10.0. The summed E-state index contributed by atoms with van der Waals surface area (Å²) in [5, 5.41) is 0. The highest BCUT2D eigenvalue weighted by atomic mass is 16.5. The molecule has 0 bridgehead atoms. The Balaban J connectivity index is 1.50. The van der Waals surface area contributed by atoms with Gasteiger partial charge in [0.25, 0.3) is 0 Å². The number of ether oxygens (including phenoxy) is 2. The van der Waals surface area contributed by atoms with Crippen molar-refractivity contribution in [1.82, 2.24) is 9.97 Å². The number of carbonyl (C=O) groups excluding carboxylic acids is 1. The van der Waals surface area contributed by atoms with Crippen molar-refractivity contribution in [2.45, 2.75) is 85.2 Å². The third-order valence-corrected chi connectivity index (χ3v) is 6.54. The highest BCUT2D eigenvalue weighted by molar-refractivity contribution is 5.91. The quantitative estimate of drug-likeness (QED) is 0.130. The van der Waals surface area contributed by atoms with Crippen LogP contribution < -0.4 is 9.47 Å². The molecule has 0 aliphatic heterocycles. The van der Waals surface area contributed by atoms with Crippen LogP contribution in [-0.4, -0.2) is 22.0 Å². The van der Waals surface area contributed by atoms with Crippen molar-refractivity contribution in [3.05, 3.63) is 72.1 Å². The summed E-state index contributed by atoms with van der Waals surface area (Å²) in [6, 6.07) is 14.4. The maximum absolute atomic E-state index is 12.6. The summed E-state index contributed by atoms with van der Waals surface area (Å²) in [4.78, 5) is 21.6. The first-order valence-electron chi connectivity index (χ1n) is 13.4. The maximum atomic E-state index is 12.6. The van der Waals surface area contributed by atoms with Crippen LogP contribution in [0.15, 0.2) is 60.9 Å². The van der Waals surface area contributed by atoms with Crippen molar-refractivity contribution < 1.29 is 14.3 Å². The van der Waals surface area contributed by atoms with Crippen LogP contribution >= 0.6 is 0 Å². The fourth-order valence-electron chi connectivity index (χ4n) is 3.91. The van der Waals surface area contributed by atoms with Gasteiger partial charge in [-0.25, -0.2) is 14.8 Å². The zero-order chi connectivity index (χ0) is 25.8. The van der Waals surface area contributed by atoms with Crippen LogP contribution in [0.4, 0.5) is 0 Å². The average molecular weight is 489 g/mol. The van der Waals surface area contributed by atoms with Gasteiger partial charge in [0.05, 0.1) is 11.7 Å². The van der Waals surface area contributed by atoms with Crippen molar-refractivity contribution in [1.29, 1.82) is 0 Å². The molecule has 0 spiro atoms. The summed E-state index contributed by atoms with van der Waals surface area (Å²) in [6.45, 7) is 8.79. The number of hydrogen-bond donors (Lipinski definition) is 0. The number of nitrogens with zero attached hydrogens (tertiary/aromatic N) is 2. The molecule has 0 unspecified atom stereocenters. The molecule has 3 aromatic rings. The van der Waals surface area contributed by atoms with Crippen LogP contribution in [0.1, 0.15) is 88.6 Å². The van der Waals surface area contributed by atoms with Crippen LogP contribution in [0, 0.1) is 5.92 Å². The van der Waals surface area contributed by atoms with E-state index in [0.717, 1.165) is 36.1 Å². The Labute approximate surface area is 216 Å². The third kappa shape index (κ3) is 8.78. The lowest BCUT2D eigenvalue weighted by Gasteiger charge is -2.14. The molecule has 5 heteroatoms. The number of aromatic nitrogens is 2. The van der Waals surface area contributed by atoms with Gasteiger partial charge in [0.2, 0.25) is 0 Å². The summed E-state index contributed by atoms with van der Waals surface area (Å²) in [6.07, 6.45) is 13.2. The normalized spacial score (nSPS) is 12.7. The predicted molar refractivity (Wildman–Crippen MR) is 145 cm³/mol. The highest BCUT2D eigenvalue weighted by Gasteiger charge is 2.11. The lowest BCUT2D eigenvalue weighted by molar-refractivity contribution is 0.0734. The molecular weight excluding hydrogens is 448 g/mol. The number of esters is 1. The van der Waals surface area contributed by atoms with Gasteiger partial charge in [-0.3, -0.25) is 0 Å². The Kier molecular flexibility index (Phi) is 10.9. The fraction of sp³-hybridized carbons (Fsp3) is 0.452. The minimum absolute atomic E-state index is 0.156. The molecule has 0 N–H and O–H groups in total. The first kappa shape index (κ1) is 27.4. The molecule has 1 aromatic heterocycles. The van der Waals surface area contributed by atoms with Crippen molar-refractivity contribution >= 4 is 5.97 Å². The second kappa shape index (κ2) is 14.4. The van der Waals surface area contributed by atoms with Gasteiger partial charge in [-0.15, -0.1) is 0 Å². The summed E-state index contributed by atoms with van der Waals surface area (Å²) < 4.78 is 11.5. The molecular formula is C31H40N2O3. The van der Waals surface area contributed by atoms with Gasteiger partial charge < -0.3 is 9.47 Å². The summed E-state index contributed by atoms with van der Waals surface area (Å²) >= 11 is 0. The van der Waals surface area contributed by atoms with E-state index in [0.29, 0.717) is 23.1 Å². The van der Waals surface area contributed by atoms with Crippen molar-refractivity contribution in [2.75, 3.05) is 0 Å². The molecule has 0 aliphatic carbocycles. The van der Waals surface area contributed by atoms with Crippen LogP contribution in [0.25, 0.3) is 11.4 Å². The number of carbonyl (C=O) groups is 1. The van der Waals surface area contributed by atoms with Gasteiger partial charge >= 0.3 is 5.97 Å². The lowest BCUT2D eigenvalue weighted by Crippen LogP contribution is -2.12. The third-order valence-electron chi connectivity index (χ3n) is 6.54. The van der Waals surface area contributed by atoms with Crippen LogP contribution in [0.3, 0.4) is 0 Å². The van der Waals surface area contributed by atoms with E-state index in [1.807, 2.05) is 36.7 Å². The monoisotopic (exact) mass is 488 g/mol. The van der Waals surface area contributed by atoms with Crippen molar-refractivity contribution in [3.63, 3.8) is 0 Å². The Morgan fingerprint density at radius 3 is 2.14 bits per heavy atom. The van der Waals surface area contributed by atoms with Crippen LogP contribution in [-0.2, 0) is 6.42 Å². The van der Waals surface area contributed by atoms with E-state index in [-0.39, 0.29) is 6.10 Å². The molecule has 0 amide bonds. The van der Waals surface area contributed by atoms with Gasteiger partial charge in [0, 0.05) is 18.0 Å². The van der Waals surface area contributed by atoms with Crippen LogP contribution in [0.2, 0.25) is 0 Å². The molecule has 36 heavy (non-hydrogen) atoms. The molecule has 0 fully saturated rings. The molecule has 5 nitrogen and oxygen atoms in total. The number of hydrogen-bond acceptors (Lipinski definition) is 5. The predicted octanol–water partition coefficient (Wildman–Crippen LogP) is 8.08. The zero-order valence-electron chi connectivity index (χ0n) is 22.2. The number of benzene rings is 2. The van der Waals surface area contributed by atoms with E-state index >= 15 is 0 Å². The smallest absolute Gasteiger partial charge is 0.343 e. The van der Waals surface area contributed by atoms with E-state index < -0.39 is 5.97 Å². The van der Waals surface area contributed by atoms with Crippen LogP contribution in [0.5, 0.6) is 11.5 Å². The Morgan fingerprint density at radius 2 is 1.50 bits per heavy atom. The number of unbranched alkanes of at least 4 members (excludes halogenated alkanes) is 3. The first-order chi connectivity index (χ1) is 17.5. The molecule has 0 saturated carbocycles. The zero-order valence-corrected chi connectivity index (χ0v) is 22.2. The van der Waals surface area contributed by atoms with E-state index in [9.17, 15) is 4.79 Å². The minimum Gasteiger partial charge on any atom is -0.491 e. The van der Waals surface area contributed by atoms with Crippen molar-refractivity contribution in [2.24, 2.45) is 5.92 Å². The molecule has 0 radical (unpaired) electrons. The number of rotatable bonds is 14. The molecule has 3 rings (SSSR count). The molecule has 0 aliphatic rings. The topological polar surface area (TPSA) is 61.3 Å². The van der Waals surface area contributed by atoms with Gasteiger partial charge in [-0.2, -0.15) is 0 Å². The maximum Gasteiger partial charge on any atom is 0.343 e. The first-order valence-corrected chi connectivity index (χ1v) is 13.4. The van der Waals surface area contributed by atoms with E-state index in [2.05, 4.69) is 37.7 Å². The second-order valence-corrected chi connectivity index (χ2v) is 9.68. The number of aryl methyl sites for hydroxylation is 1. The van der Waals surface area contributed by atoms with Crippen molar-refractivity contribution in [3.8, 4) is 22.9 Å². The molecule has 192 valence electrons. The molecule has 1 heterocycles. The van der Waals surface area contributed by atoms with E-state index in [1.165, 1.54) is 32.1 Å². The Morgan fingerprint density at radius 1 is 0.833 bits per heavy atom. The minimum atomic E-state index is -0.399. The SMILES string of the molecule is CCCCCC[C@@H](C)Oc1ccc(C(=O)Oc2ccc(-c3ncc(CC[C@@H](C)CC)cn3)cc2)cc1. The summed E-state index contributed by atoms with van der Waals surface area (Å²) in [5.41, 5.74) is 2.52. The second-order valence-electron chi connectivity index (χ2n) is 9.68. The molecule has 2 atom stereocenters. The van der Waals surface area contributed by atoms with Gasteiger partial charge in [-0.05, 0) is 92.6 Å². The van der Waals surface area contributed by atoms with Gasteiger partial charge in [-0.1, -0.05) is 46.5 Å². The fourth-order valence-corrected chi connectivity index (χ4v) is 3.91. The Bertz CT molecular complexity index is 1050. The standard InChI is InChI=1S/C31H40N2O3/c1-5-7-8-9-10-24(4)35-28-19-15-27(16-20-28)31(34)36-29-17-13-26(14-18-29)30-32-21-25(22-33-30)12-11-23(3)6-2/h13-24H,5-12H2,1-4H3/t23-,24+/m0/s1. The largest absolute Gasteiger partial charge is 0.491 e. The Hall–Kier alpha value is -3.21. The average Bonchev–Trinajstić information content (AvgIpc) is 2.91. The summed E-state index contributed by atoms with van der Waals surface area (Å²) in [7, 11) is 0. The van der Waals surface area contributed by atoms with E-state index in [4.69, 9.17) is 9.47 Å². The highest BCUT2D eigenvalue weighted by Crippen LogP contribution is 2.22. The van der Waals surface area contributed by atoms with E-state index in [1.54, 1.807) is 24.3 Å². The summed E-state index contributed by atoms with van der Waals surface area (Å²) in [5.74, 6) is 2.22.